The number of hydrogen-bond donors (Lipinski definition) is 2. The molecule has 0 aliphatic carbocycles. The van der Waals surface area contributed by atoms with Crippen molar-refractivity contribution in [2.24, 2.45) is 0 Å². The first kappa shape index (κ1) is 19.2. The lowest BCUT2D eigenvalue weighted by atomic mass is 9.87. The number of rotatable bonds is 5. The molecule has 0 fully saturated rings. The Kier molecular flexibility index (Phi) is 5.82. The lowest BCUT2D eigenvalue weighted by Gasteiger charge is -2.19. The van der Waals surface area contributed by atoms with Crippen molar-refractivity contribution in [2.75, 3.05) is 7.11 Å². The number of carboxylic acids is 1. The third-order valence-corrected chi connectivity index (χ3v) is 3.92. The predicted octanol–water partition coefficient (Wildman–Crippen LogP) is 3.85. The van der Waals surface area contributed by atoms with E-state index in [9.17, 15) is 14.7 Å². The van der Waals surface area contributed by atoms with Crippen molar-refractivity contribution in [3.8, 4) is 5.75 Å². The maximum Gasteiger partial charge on any atom is 0.352 e. The molecule has 0 radical (unpaired) electrons. The Morgan fingerprint density at radius 3 is 2.04 bits per heavy atom. The zero-order valence-electron chi connectivity index (χ0n) is 15.4. The minimum absolute atomic E-state index is 0.0184. The van der Waals surface area contributed by atoms with E-state index in [-0.39, 0.29) is 11.1 Å². The van der Waals surface area contributed by atoms with Gasteiger partial charge in [-0.2, -0.15) is 0 Å². The molecule has 26 heavy (non-hydrogen) atoms. The molecule has 2 aromatic carbocycles. The highest BCUT2D eigenvalue weighted by Crippen LogP contribution is 2.22. The Morgan fingerprint density at radius 1 is 1.00 bits per heavy atom. The number of ether oxygens (including phenoxy) is 1. The molecule has 0 heterocycles. The Bertz CT molecular complexity index is 813. The molecule has 2 aromatic rings. The summed E-state index contributed by atoms with van der Waals surface area (Å²) in [5, 5.41) is 11.8. The zero-order chi connectivity index (χ0) is 19.3. The molecule has 2 rings (SSSR count). The van der Waals surface area contributed by atoms with Crippen molar-refractivity contribution in [3.05, 3.63) is 70.9 Å². The highest BCUT2D eigenvalue weighted by molar-refractivity contribution is 6.02. The van der Waals surface area contributed by atoms with Crippen LogP contribution in [0.4, 0.5) is 0 Å². The van der Waals surface area contributed by atoms with E-state index in [0.29, 0.717) is 16.9 Å². The van der Waals surface area contributed by atoms with Gasteiger partial charge >= 0.3 is 5.97 Å². The van der Waals surface area contributed by atoms with Crippen LogP contribution in [0, 0.1) is 0 Å². The van der Waals surface area contributed by atoms with Crippen molar-refractivity contribution in [1.82, 2.24) is 5.32 Å². The second-order valence-electron chi connectivity index (χ2n) is 6.92. The Labute approximate surface area is 153 Å². The maximum atomic E-state index is 12.4. The van der Waals surface area contributed by atoms with Gasteiger partial charge in [-0.25, -0.2) is 4.79 Å². The van der Waals surface area contributed by atoms with Crippen LogP contribution in [0.25, 0.3) is 6.08 Å². The van der Waals surface area contributed by atoms with Crippen LogP contribution in [0.3, 0.4) is 0 Å². The summed E-state index contributed by atoms with van der Waals surface area (Å²) in [5.74, 6) is -1.00. The number of methoxy groups -OCH3 is 1. The first-order chi connectivity index (χ1) is 12.2. The summed E-state index contributed by atoms with van der Waals surface area (Å²) in [5.41, 5.74) is 1.93. The molecule has 0 saturated carbocycles. The molecule has 5 heteroatoms. The molecule has 0 aliphatic heterocycles. The number of hydrogen-bond acceptors (Lipinski definition) is 3. The number of carbonyl (C=O) groups excluding carboxylic acids is 1. The van der Waals surface area contributed by atoms with E-state index in [1.165, 1.54) is 6.08 Å². The number of carboxylic acid groups (broad SMARTS) is 1. The van der Waals surface area contributed by atoms with E-state index in [0.717, 1.165) is 5.56 Å². The highest BCUT2D eigenvalue weighted by atomic mass is 16.5. The third-order valence-electron chi connectivity index (χ3n) is 3.92. The SMILES string of the molecule is COc1ccc(/C=C(/NC(=O)c2ccc(C(C)(C)C)cc2)C(=O)O)cc1. The van der Waals surface area contributed by atoms with E-state index in [1.54, 1.807) is 43.5 Å². The van der Waals surface area contributed by atoms with Crippen LogP contribution in [-0.4, -0.2) is 24.1 Å². The molecule has 0 atom stereocenters. The average Bonchev–Trinajstić information content (AvgIpc) is 2.61. The number of aliphatic carboxylic acids is 1. The first-order valence-corrected chi connectivity index (χ1v) is 8.21. The molecule has 0 unspecified atom stereocenters. The maximum absolute atomic E-state index is 12.4. The lowest BCUT2D eigenvalue weighted by Crippen LogP contribution is -2.27. The average molecular weight is 353 g/mol. The van der Waals surface area contributed by atoms with E-state index >= 15 is 0 Å². The van der Waals surface area contributed by atoms with Crippen LogP contribution in [0.1, 0.15) is 42.3 Å². The first-order valence-electron chi connectivity index (χ1n) is 8.21. The second-order valence-corrected chi connectivity index (χ2v) is 6.92. The monoisotopic (exact) mass is 353 g/mol. The van der Waals surface area contributed by atoms with Gasteiger partial charge in [0.25, 0.3) is 5.91 Å². The highest BCUT2D eigenvalue weighted by Gasteiger charge is 2.16. The van der Waals surface area contributed by atoms with Gasteiger partial charge in [0, 0.05) is 5.56 Å². The summed E-state index contributed by atoms with van der Waals surface area (Å²) in [6, 6.07) is 14.0. The van der Waals surface area contributed by atoms with Crippen LogP contribution < -0.4 is 10.1 Å². The lowest BCUT2D eigenvalue weighted by molar-refractivity contribution is -0.132. The molecule has 136 valence electrons. The quantitative estimate of drug-likeness (QED) is 0.801. The van der Waals surface area contributed by atoms with Gasteiger partial charge in [-0.05, 0) is 46.9 Å². The van der Waals surface area contributed by atoms with Gasteiger partial charge in [0.05, 0.1) is 7.11 Å². The number of nitrogens with one attached hydrogen (secondary N) is 1. The van der Waals surface area contributed by atoms with Crippen molar-refractivity contribution >= 4 is 18.0 Å². The second kappa shape index (κ2) is 7.87. The molecule has 0 spiro atoms. The van der Waals surface area contributed by atoms with Gasteiger partial charge in [-0.15, -0.1) is 0 Å². The molecule has 0 aliphatic rings. The van der Waals surface area contributed by atoms with E-state index in [1.807, 2.05) is 12.1 Å². The van der Waals surface area contributed by atoms with E-state index in [4.69, 9.17) is 4.74 Å². The van der Waals surface area contributed by atoms with E-state index in [2.05, 4.69) is 26.1 Å². The third kappa shape index (κ3) is 4.96. The minimum atomic E-state index is -1.21. The molecular formula is C21H23NO4. The van der Waals surface area contributed by atoms with Crippen molar-refractivity contribution in [2.45, 2.75) is 26.2 Å². The summed E-state index contributed by atoms with van der Waals surface area (Å²) in [4.78, 5) is 23.8. The number of carbonyl (C=O) groups is 2. The summed E-state index contributed by atoms with van der Waals surface area (Å²) < 4.78 is 5.07. The van der Waals surface area contributed by atoms with Gasteiger partial charge in [-0.1, -0.05) is 45.0 Å². The van der Waals surface area contributed by atoms with Crippen molar-refractivity contribution in [3.63, 3.8) is 0 Å². The van der Waals surface area contributed by atoms with Gasteiger partial charge in [-0.3, -0.25) is 4.79 Å². The van der Waals surface area contributed by atoms with Gasteiger partial charge in [0.2, 0.25) is 0 Å². The fourth-order valence-corrected chi connectivity index (χ4v) is 2.33. The van der Waals surface area contributed by atoms with Crippen LogP contribution in [-0.2, 0) is 10.2 Å². The van der Waals surface area contributed by atoms with Crippen LogP contribution in [0.15, 0.2) is 54.2 Å². The van der Waals surface area contributed by atoms with Crippen molar-refractivity contribution < 1.29 is 19.4 Å². The van der Waals surface area contributed by atoms with Crippen LogP contribution >= 0.6 is 0 Å². The fraction of sp³-hybridized carbons (Fsp3) is 0.238. The molecular weight excluding hydrogens is 330 g/mol. The van der Waals surface area contributed by atoms with Gasteiger partial charge in [0.15, 0.2) is 0 Å². The smallest absolute Gasteiger partial charge is 0.352 e. The largest absolute Gasteiger partial charge is 0.497 e. The standard InChI is InChI=1S/C21H23NO4/c1-21(2,3)16-9-7-15(8-10-16)19(23)22-18(20(24)25)13-14-5-11-17(26-4)12-6-14/h5-13H,1-4H3,(H,22,23)(H,24,25)/b18-13+. The zero-order valence-corrected chi connectivity index (χ0v) is 15.4. The minimum Gasteiger partial charge on any atom is -0.497 e. The van der Waals surface area contributed by atoms with Crippen LogP contribution in [0.2, 0.25) is 0 Å². The molecule has 0 bridgehead atoms. The Morgan fingerprint density at radius 2 is 1.58 bits per heavy atom. The topological polar surface area (TPSA) is 75.6 Å². The molecule has 0 saturated heterocycles. The van der Waals surface area contributed by atoms with Crippen LogP contribution in [0.5, 0.6) is 5.75 Å². The molecule has 5 nitrogen and oxygen atoms in total. The number of benzene rings is 2. The molecule has 1 amide bonds. The molecule has 0 aromatic heterocycles. The normalized spacial score (nSPS) is 11.8. The van der Waals surface area contributed by atoms with Gasteiger partial charge in [0.1, 0.15) is 11.4 Å². The predicted molar refractivity (Wildman–Crippen MR) is 101 cm³/mol. The fourth-order valence-electron chi connectivity index (χ4n) is 2.33. The van der Waals surface area contributed by atoms with Crippen molar-refractivity contribution in [1.29, 1.82) is 0 Å². The summed E-state index contributed by atoms with van der Waals surface area (Å²) >= 11 is 0. The van der Waals surface area contributed by atoms with Gasteiger partial charge < -0.3 is 15.2 Å². The number of amides is 1. The summed E-state index contributed by atoms with van der Waals surface area (Å²) in [6.07, 6.45) is 1.41. The molecule has 2 N–H and O–H groups in total. The summed E-state index contributed by atoms with van der Waals surface area (Å²) in [6.45, 7) is 6.26. The summed E-state index contributed by atoms with van der Waals surface area (Å²) in [7, 11) is 1.55. The Hall–Kier alpha value is -3.08. The van der Waals surface area contributed by atoms with E-state index < -0.39 is 11.9 Å². The Balaban J connectivity index is 2.19.